The minimum atomic E-state index is -0.448. The van der Waals surface area contributed by atoms with Gasteiger partial charge in [0, 0.05) is 23.1 Å². The van der Waals surface area contributed by atoms with Crippen LogP contribution in [0, 0.1) is 5.92 Å². The van der Waals surface area contributed by atoms with E-state index in [-0.39, 0.29) is 6.04 Å². The lowest BCUT2D eigenvalue weighted by atomic mass is 9.65. The number of hydrogen-bond acceptors (Lipinski definition) is 2. The Kier molecular flexibility index (Phi) is 4.16. The second-order valence-electron chi connectivity index (χ2n) is 7.48. The summed E-state index contributed by atoms with van der Waals surface area (Å²) in [5, 5.41) is 16.2. The van der Waals surface area contributed by atoms with Crippen molar-refractivity contribution in [2.24, 2.45) is 5.92 Å². The van der Waals surface area contributed by atoms with Crippen LogP contribution >= 0.6 is 0 Å². The summed E-state index contributed by atoms with van der Waals surface area (Å²) >= 11 is 0. The molecule has 0 radical (unpaired) electrons. The molecule has 23 heavy (non-hydrogen) atoms. The Hall–Kier alpha value is -1.32. The molecule has 0 aliphatic heterocycles. The minimum absolute atomic E-state index is 0.284. The van der Waals surface area contributed by atoms with Crippen LogP contribution in [0.1, 0.15) is 50.5 Å². The van der Waals surface area contributed by atoms with Crippen molar-refractivity contribution >= 4 is 10.9 Å². The van der Waals surface area contributed by atoms with Gasteiger partial charge >= 0.3 is 0 Å². The number of hydrogen-bond donors (Lipinski definition) is 3. The average Bonchev–Trinajstić information content (AvgIpc) is 2.98. The first-order valence-corrected chi connectivity index (χ1v) is 9.28. The van der Waals surface area contributed by atoms with Gasteiger partial charge in [-0.25, -0.2) is 0 Å². The Morgan fingerprint density at radius 2 is 2.00 bits per heavy atom. The number of aromatic amines is 1. The monoisotopic (exact) mass is 312 g/mol. The van der Waals surface area contributed by atoms with Gasteiger partial charge in [-0.15, -0.1) is 0 Å². The van der Waals surface area contributed by atoms with Crippen molar-refractivity contribution in [2.45, 2.75) is 63.0 Å². The van der Waals surface area contributed by atoms with Gasteiger partial charge in [0.15, 0.2) is 0 Å². The van der Waals surface area contributed by atoms with Crippen molar-refractivity contribution in [1.82, 2.24) is 10.3 Å². The van der Waals surface area contributed by atoms with Gasteiger partial charge in [0.1, 0.15) is 0 Å². The van der Waals surface area contributed by atoms with E-state index in [1.54, 1.807) is 0 Å². The fraction of sp³-hybridized carbons (Fsp3) is 0.600. The van der Waals surface area contributed by atoms with Gasteiger partial charge in [-0.1, -0.05) is 37.5 Å². The van der Waals surface area contributed by atoms with Crippen LogP contribution in [0.15, 0.2) is 30.5 Å². The summed E-state index contributed by atoms with van der Waals surface area (Å²) in [4.78, 5) is 3.35. The molecule has 1 aromatic carbocycles. The van der Waals surface area contributed by atoms with Gasteiger partial charge in [-0.2, -0.15) is 0 Å². The molecule has 2 aliphatic carbocycles. The van der Waals surface area contributed by atoms with Gasteiger partial charge in [0.05, 0.1) is 5.60 Å². The van der Waals surface area contributed by atoms with Crippen LogP contribution in [0.5, 0.6) is 0 Å². The fourth-order valence-electron chi connectivity index (χ4n) is 4.92. The van der Waals surface area contributed by atoms with Crippen LogP contribution in [0.2, 0.25) is 0 Å². The van der Waals surface area contributed by atoms with Crippen LogP contribution in [0.3, 0.4) is 0 Å². The molecule has 3 atom stereocenters. The van der Waals surface area contributed by atoms with E-state index in [2.05, 4.69) is 40.8 Å². The van der Waals surface area contributed by atoms with Crippen molar-refractivity contribution in [1.29, 1.82) is 0 Å². The summed E-state index contributed by atoms with van der Waals surface area (Å²) in [7, 11) is 0. The van der Waals surface area contributed by atoms with E-state index in [9.17, 15) is 5.11 Å². The number of aliphatic hydroxyl groups is 1. The average molecular weight is 312 g/mol. The molecule has 0 saturated heterocycles. The molecule has 2 aliphatic rings. The second-order valence-corrected chi connectivity index (χ2v) is 7.48. The normalized spacial score (nSPS) is 31.2. The summed E-state index contributed by atoms with van der Waals surface area (Å²) in [6.07, 6.45) is 11.4. The highest BCUT2D eigenvalue weighted by atomic mass is 16.3. The van der Waals surface area contributed by atoms with Gasteiger partial charge in [-0.3, -0.25) is 0 Å². The third kappa shape index (κ3) is 2.81. The number of fused-ring (bicyclic) bond motifs is 2. The third-order valence-electron chi connectivity index (χ3n) is 6.20. The lowest BCUT2D eigenvalue weighted by Crippen LogP contribution is -2.59. The molecule has 0 bridgehead atoms. The maximum Gasteiger partial charge on any atom is 0.0827 e. The van der Waals surface area contributed by atoms with Gasteiger partial charge < -0.3 is 15.4 Å². The summed E-state index contributed by atoms with van der Waals surface area (Å²) in [6.45, 7) is 0.946. The van der Waals surface area contributed by atoms with Crippen molar-refractivity contribution in [2.75, 3.05) is 6.54 Å². The van der Waals surface area contributed by atoms with Crippen molar-refractivity contribution in [3.8, 4) is 0 Å². The first kappa shape index (κ1) is 15.2. The van der Waals surface area contributed by atoms with E-state index in [0.717, 1.165) is 25.8 Å². The lowest BCUT2D eigenvalue weighted by Gasteiger charge is -2.49. The van der Waals surface area contributed by atoms with Crippen LogP contribution < -0.4 is 5.32 Å². The fourth-order valence-corrected chi connectivity index (χ4v) is 4.92. The highest BCUT2D eigenvalue weighted by molar-refractivity contribution is 5.83. The van der Waals surface area contributed by atoms with Crippen LogP contribution in [-0.2, 0) is 6.42 Å². The Morgan fingerprint density at radius 3 is 2.96 bits per heavy atom. The molecule has 2 fully saturated rings. The van der Waals surface area contributed by atoms with Crippen LogP contribution in [0.25, 0.3) is 10.9 Å². The highest BCUT2D eigenvalue weighted by Gasteiger charge is 2.46. The van der Waals surface area contributed by atoms with E-state index in [4.69, 9.17) is 0 Å². The lowest BCUT2D eigenvalue weighted by molar-refractivity contribution is -0.0983. The van der Waals surface area contributed by atoms with Gasteiger partial charge in [0.2, 0.25) is 0 Å². The summed E-state index contributed by atoms with van der Waals surface area (Å²) in [5.41, 5.74) is 2.14. The Balaban J connectivity index is 1.40. The third-order valence-corrected chi connectivity index (χ3v) is 6.20. The van der Waals surface area contributed by atoms with Crippen molar-refractivity contribution in [3.63, 3.8) is 0 Å². The molecule has 1 aromatic heterocycles. The molecule has 2 aromatic rings. The van der Waals surface area contributed by atoms with Crippen molar-refractivity contribution < 1.29 is 5.11 Å². The molecule has 3 N–H and O–H groups in total. The number of benzene rings is 1. The standard InChI is InChI=1S/C20H28N2O/c23-20-12-4-3-6-16(20)7-5-10-19(20)21-13-11-15-14-22-18-9-2-1-8-17(15)18/h1-2,8-9,14,16,19,21-23H,3-7,10-13H2/t16?,19?,20-/m1/s1. The zero-order chi connectivity index (χ0) is 15.7. The molecular weight excluding hydrogens is 284 g/mol. The minimum Gasteiger partial charge on any atom is -0.388 e. The number of para-hydroxylation sites is 1. The maximum absolute atomic E-state index is 11.2. The van der Waals surface area contributed by atoms with Crippen LogP contribution in [-0.4, -0.2) is 28.3 Å². The zero-order valence-corrected chi connectivity index (χ0v) is 13.9. The number of aromatic nitrogens is 1. The predicted octanol–water partition coefficient (Wildman–Crippen LogP) is 3.77. The summed E-state index contributed by atoms with van der Waals surface area (Å²) in [5.74, 6) is 0.524. The van der Waals surface area contributed by atoms with Gasteiger partial charge in [-0.05, 0) is 56.2 Å². The zero-order valence-electron chi connectivity index (χ0n) is 13.9. The Labute approximate surface area is 138 Å². The largest absolute Gasteiger partial charge is 0.388 e. The second kappa shape index (κ2) is 6.29. The van der Waals surface area contributed by atoms with E-state index in [1.807, 2.05) is 0 Å². The number of H-pyrrole nitrogens is 1. The smallest absolute Gasteiger partial charge is 0.0827 e. The quantitative estimate of drug-likeness (QED) is 0.805. The SMILES string of the molecule is O[C@]12CCCCC1CCCC2NCCc1c[nH]c2ccccc12. The first-order valence-electron chi connectivity index (χ1n) is 9.28. The molecular formula is C20H28N2O. The van der Waals surface area contributed by atoms with Gasteiger partial charge in [0.25, 0.3) is 0 Å². The highest BCUT2D eigenvalue weighted by Crippen LogP contribution is 2.43. The van der Waals surface area contributed by atoms with E-state index < -0.39 is 5.60 Å². The molecule has 3 heteroatoms. The molecule has 1 heterocycles. The number of nitrogens with one attached hydrogen (secondary N) is 2. The number of rotatable bonds is 4. The molecule has 3 nitrogen and oxygen atoms in total. The Morgan fingerprint density at radius 1 is 1.13 bits per heavy atom. The molecule has 2 unspecified atom stereocenters. The maximum atomic E-state index is 11.2. The topological polar surface area (TPSA) is 48.0 Å². The van der Waals surface area contributed by atoms with Crippen molar-refractivity contribution in [3.05, 3.63) is 36.0 Å². The molecule has 2 saturated carbocycles. The summed E-state index contributed by atoms with van der Waals surface area (Å²) < 4.78 is 0. The van der Waals surface area contributed by atoms with E-state index in [0.29, 0.717) is 5.92 Å². The molecule has 0 spiro atoms. The van der Waals surface area contributed by atoms with E-state index in [1.165, 1.54) is 48.6 Å². The predicted molar refractivity (Wildman–Crippen MR) is 94.6 cm³/mol. The molecule has 0 amide bonds. The molecule has 124 valence electrons. The summed E-state index contributed by atoms with van der Waals surface area (Å²) in [6, 6.07) is 8.77. The van der Waals surface area contributed by atoms with E-state index >= 15 is 0 Å². The molecule has 4 rings (SSSR count). The Bertz CT molecular complexity index is 662. The first-order chi connectivity index (χ1) is 11.3. The van der Waals surface area contributed by atoms with Crippen LogP contribution in [0.4, 0.5) is 0 Å².